The first-order valence-corrected chi connectivity index (χ1v) is 8.10. The average Bonchev–Trinajstić information content (AvgIpc) is 2.91. The van der Waals surface area contributed by atoms with Gasteiger partial charge in [0.15, 0.2) is 0 Å². The molecule has 3 rings (SSSR count). The smallest absolute Gasteiger partial charge is 0.138 e. The van der Waals surface area contributed by atoms with Gasteiger partial charge >= 0.3 is 0 Å². The summed E-state index contributed by atoms with van der Waals surface area (Å²) in [5.41, 5.74) is 0. The lowest BCUT2D eigenvalue weighted by Crippen LogP contribution is -2.41. The normalized spacial score (nSPS) is 27.5. The highest BCUT2D eigenvalue weighted by atomic mass is 16.3. The fraction of sp³-hybridized carbons (Fsp3) is 0.867. The van der Waals surface area contributed by atoms with Gasteiger partial charge in [0.1, 0.15) is 11.6 Å². The molecule has 2 aliphatic heterocycles. The topological polar surface area (TPSA) is 54.2 Å². The minimum atomic E-state index is 0.193. The molecule has 3 heterocycles. The van der Waals surface area contributed by atoms with Crippen LogP contribution in [-0.2, 0) is 13.0 Å². The number of fused-ring (bicyclic) bond motifs is 1. The van der Waals surface area contributed by atoms with Crippen LogP contribution in [-0.4, -0.2) is 50.5 Å². The van der Waals surface area contributed by atoms with Gasteiger partial charge in [-0.15, -0.1) is 10.2 Å². The molecule has 0 radical (unpaired) electrons. The highest BCUT2D eigenvalue weighted by Gasteiger charge is 2.28. The maximum absolute atomic E-state index is 9.46. The highest BCUT2D eigenvalue weighted by molar-refractivity contribution is 5.06. The Bertz CT molecular complexity index is 445. The molecule has 0 aliphatic carbocycles. The summed E-state index contributed by atoms with van der Waals surface area (Å²) in [7, 11) is 0. The third kappa shape index (κ3) is 2.61. The van der Waals surface area contributed by atoms with Gasteiger partial charge in [0.25, 0.3) is 0 Å². The predicted octanol–water partition coefficient (Wildman–Crippen LogP) is 1.56. The van der Waals surface area contributed by atoms with Crippen molar-refractivity contribution in [1.82, 2.24) is 19.7 Å². The number of likely N-dealkylation sites (tertiary alicyclic amines) is 1. The molecule has 0 spiro atoms. The zero-order valence-electron chi connectivity index (χ0n) is 12.5. The van der Waals surface area contributed by atoms with Gasteiger partial charge in [0.2, 0.25) is 0 Å². The van der Waals surface area contributed by atoms with Gasteiger partial charge in [0, 0.05) is 24.9 Å². The lowest BCUT2D eigenvalue weighted by atomic mass is 9.97. The molecule has 1 saturated heterocycles. The Labute approximate surface area is 121 Å². The minimum Gasteiger partial charge on any atom is -0.396 e. The van der Waals surface area contributed by atoms with E-state index in [-0.39, 0.29) is 12.5 Å². The van der Waals surface area contributed by atoms with Crippen LogP contribution in [0, 0.1) is 0 Å². The fourth-order valence-electron chi connectivity index (χ4n) is 3.76. The molecule has 0 saturated carbocycles. The Morgan fingerprint density at radius 1 is 1.15 bits per heavy atom. The van der Waals surface area contributed by atoms with E-state index in [0.29, 0.717) is 6.04 Å². The summed E-state index contributed by atoms with van der Waals surface area (Å²) in [5, 5.41) is 18.3. The van der Waals surface area contributed by atoms with Gasteiger partial charge < -0.3 is 14.6 Å². The molecule has 5 heteroatoms. The molecule has 0 aromatic carbocycles. The first kappa shape index (κ1) is 14.0. The van der Waals surface area contributed by atoms with Gasteiger partial charge in [-0.25, -0.2) is 0 Å². The monoisotopic (exact) mass is 278 g/mol. The van der Waals surface area contributed by atoms with Gasteiger partial charge in [-0.3, -0.25) is 0 Å². The summed E-state index contributed by atoms with van der Waals surface area (Å²) < 4.78 is 2.27. The molecule has 5 nitrogen and oxygen atoms in total. The van der Waals surface area contributed by atoms with Crippen molar-refractivity contribution >= 4 is 0 Å². The van der Waals surface area contributed by atoms with Crippen LogP contribution in [0.2, 0.25) is 0 Å². The number of likely N-dealkylation sites (N-methyl/N-ethyl adjacent to an activating group) is 1. The van der Waals surface area contributed by atoms with Gasteiger partial charge in [0.05, 0.1) is 6.61 Å². The summed E-state index contributed by atoms with van der Waals surface area (Å²) in [4.78, 5) is 2.58. The zero-order valence-corrected chi connectivity index (χ0v) is 12.5. The van der Waals surface area contributed by atoms with E-state index in [0.717, 1.165) is 44.0 Å². The Morgan fingerprint density at radius 3 is 2.85 bits per heavy atom. The highest BCUT2D eigenvalue weighted by Crippen LogP contribution is 2.27. The second-order valence-electron chi connectivity index (χ2n) is 6.13. The molecule has 2 aliphatic rings. The van der Waals surface area contributed by atoms with Crippen molar-refractivity contribution in [2.75, 3.05) is 19.7 Å². The van der Waals surface area contributed by atoms with E-state index in [1.54, 1.807) is 0 Å². The third-order valence-electron chi connectivity index (χ3n) is 4.95. The number of aliphatic hydroxyl groups is 1. The maximum Gasteiger partial charge on any atom is 0.138 e. The first-order valence-electron chi connectivity index (χ1n) is 8.10. The van der Waals surface area contributed by atoms with Gasteiger partial charge in [-0.05, 0) is 38.8 Å². The van der Waals surface area contributed by atoms with Crippen molar-refractivity contribution in [3.63, 3.8) is 0 Å². The number of hydrogen-bond donors (Lipinski definition) is 1. The maximum atomic E-state index is 9.46. The van der Waals surface area contributed by atoms with Crippen molar-refractivity contribution in [3.8, 4) is 0 Å². The van der Waals surface area contributed by atoms with Crippen LogP contribution < -0.4 is 0 Å². The Kier molecular flexibility index (Phi) is 4.36. The third-order valence-corrected chi connectivity index (χ3v) is 4.95. The lowest BCUT2D eigenvalue weighted by molar-refractivity contribution is 0.152. The van der Waals surface area contributed by atoms with Gasteiger partial charge in [-0.2, -0.15) is 0 Å². The summed E-state index contributed by atoms with van der Waals surface area (Å²) in [6.45, 7) is 5.82. The SMILES string of the molecule is CCN1CCCCC1Cc1nnc2n1CCCC2CO. The predicted molar refractivity (Wildman–Crippen MR) is 77.7 cm³/mol. The number of rotatable bonds is 4. The Hall–Kier alpha value is -0.940. The van der Waals surface area contributed by atoms with Crippen molar-refractivity contribution in [2.45, 2.75) is 64.0 Å². The number of nitrogens with zero attached hydrogens (tertiary/aromatic N) is 4. The van der Waals surface area contributed by atoms with Crippen LogP contribution in [0.25, 0.3) is 0 Å². The second-order valence-corrected chi connectivity index (χ2v) is 6.13. The molecular formula is C15H26N4O. The van der Waals surface area contributed by atoms with E-state index in [4.69, 9.17) is 0 Å². The molecule has 0 amide bonds. The van der Waals surface area contributed by atoms with Crippen molar-refractivity contribution in [3.05, 3.63) is 11.6 Å². The lowest BCUT2D eigenvalue weighted by Gasteiger charge is -2.34. The summed E-state index contributed by atoms with van der Waals surface area (Å²) in [6, 6.07) is 0.622. The van der Waals surface area contributed by atoms with Crippen molar-refractivity contribution < 1.29 is 5.11 Å². The van der Waals surface area contributed by atoms with E-state index >= 15 is 0 Å². The largest absolute Gasteiger partial charge is 0.396 e. The number of aromatic nitrogens is 3. The summed E-state index contributed by atoms with van der Waals surface area (Å²) >= 11 is 0. The molecule has 0 bridgehead atoms. The first-order chi connectivity index (χ1) is 9.83. The van der Waals surface area contributed by atoms with Crippen LogP contribution in [0.1, 0.15) is 56.6 Å². The van der Waals surface area contributed by atoms with Crippen molar-refractivity contribution in [2.24, 2.45) is 0 Å². The van der Waals surface area contributed by atoms with E-state index in [9.17, 15) is 5.11 Å². The standard InChI is InChI=1S/C15H26N4O/c1-2-18-8-4-3-7-13(18)10-14-16-17-15-12(11-20)6-5-9-19(14)15/h12-13,20H,2-11H2,1H3. The van der Waals surface area contributed by atoms with E-state index in [2.05, 4.69) is 26.6 Å². The van der Waals surface area contributed by atoms with Crippen LogP contribution >= 0.6 is 0 Å². The molecule has 2 unspecified atom stereocenters. The molecule has 112 valence electrons. The Morgan fingerprint density at radius 2 is 2.05 bits per heavy atom. The molecule has 20 heavy (non-hydrogen) atoms. The number of hydrogen-bond acceptors (Lipinski definition) is 4. The number of aliphatic hydroxyl groups excluding tert-OH is 1. The average molecular weight is 278 g/mol. The molecule has 1 N–H and O–H groups in total. The van der Waals surface area contributed by atoms with Crippen LogP contribution in [0.4, 0.5) is 0 Å². The van der Waals surface area contributed by atoms with Crippen LogP contribution in [0.5, 0.6) is 0 Å². The van der Waals surface area contributed by atoms with Crippen LogP contribution in [0.3, 0.4) is 0 Å². The zero-order chi connectivity index (χ0) is 13.9. The Balaban J connectivity index is 1.76. The molecule has 1 aromatic heterocycles. The molecule has 1 fully saturated rings. The minimum absolute atomic E-state index is 0.193. The summed E-state index contributed by atoms with van der Waals surface area (Å²) in [6.07, 6.45) is 7.12. The molecular weight excluding hydrogens is 252 g/mol. The van der Waals surface area contributed by atoms with Crippen LogP contribution in [0.15, 0.2) is 0 Å². The van der Waals surface area contributed by atoms with E-state index in [1.165, 1.54) is 25.8 Å². The van der Waals surface area contributed by atoms with Crippen molar-refractivity contribution in [1.29, 1.82) is 0 Å². The molecule has 1 aromatic rings. The van der Waals surface area contributed by atoms with E-state index in [1.807, 2.05) is 0 Å². The fourth-order valence-corrected chi connectivity index (χ4v) is 3.76. The quantitative estimate of drug-likeness (QED) is 0.908. The summed E-state index contributed by atoms with van der Waals surface area (Å²) in [5.74, 6) is 2.33. The second kappa shape index (κ2) is 6.22. The molecule has 2 atom stereocenters. The van der Waals surface area contributed by atoms with Gasteiger partial charge in [-0.1, -0.05) is 13.3 Å². The number of piperidine rings is 1. The van der Waals surface area contributed by atoms with E-state index < -0.39 is 0 Å².